The van der Waals surface area contributed by atoms with Crippen molar-refractivity contribution in [3.63, 3.8) is 0 Å². The lowest BCUT2D eigenvalue weighted by Crippen LogP contribution is -2.28. The van der Waals surface area contributed by atoms with Crippen LogP contribution in [0.2, 0.25) is 0 Å². The van der Waals surface area contributed by atoms with Crippen LogP contribution in [0.3, 0.4) is 0 Å². The fraction of sp³-hybridized carbons (Fsp3) is 0.468. The van der Waals surface area contributed by atoms with Crippen LogP contribution >= 0.6 is 0 Å². The molecular formula is C47H75FN16O8. The van der Waals surface area contributed by atoms with E-state index in [4.69, 9.17) is 0 Å². The molecule has 0 fully saturated rings. The smallest absolute Gasteiger partial charge is 0.291 e. The van der Waals surface area contributed by atoms with Crippen molar-refractivity contribution in [2.75, 3.05) is 74.8 Å². The van der Waals surface area contributed by atoms with Gasteiger partial charge in [0.05, 0.1) is 30.3 Å². The summed E-state index contributed by atoms with van der Waals surface area (Å²) in [5.74, 6) is 1.52. The molecule has 25 heteroatoms. The van der Waals surface area contributed by atoms with Crippen LogP contribution in [0.15, 0.2) is 54.3 Å². The normalized spacial score (nSPS) is 10.0. The number of amides is 7. The van der Waals surface area contributed by atoms with Crippen LogP contribution in [-0.4, -0.2) is 142 Å². The first-order chi connectivity index (χ1) is 34.2. The number of carbonyl (C=O) groups excluding carboxylic acids is 8. The van der Waals surface area contributed by atoms with Crippen LogP contribution < -0.4 is 42.5 Å². The van der Waals surface area contributed by atoms with Gasteiger partial charge in [-0.05, 0) is 58.5 Å². The van der Waals surface area contributed by atoms with E-state index in [1.165, 1.54) is 17.7 Å². The summed E-state index contributed by atoms with van der Waals surface area (Å²) in [4.78, 5) is 103. The quantitative estimate of drug-likeness (QED) is 0.0286. The van der Waals surface area contributed by atoms with Crippen molar-refractivity contribution in [1.29, 1.82) is 0 Å². The van der Waals surface area contributed by atoms with Gasteiger partial charge in [0, 0.05) is 111 Å². The summed E-state index contributed by atoms with van der Waals surface area (Å²) < 4.78 is 17.0. The number of carbonyl (C=O) groups is 8. The number of aliphatic imine (C=N–C) groups is 1. The predicted molar refractivity (Wildman–Crippen MR) is 278 cm³/mol. The lowest BCUT2D eigenvalue weighted by molar-refractivity contribution is -0.121. The first-order valence-electron chi connectivity index (χ1n) is 22.9. The summed E-state index contributed by atoms with van der Waals surface area (Å²) in [6.07, 6.45) is 14.3. The molecule has 0 aliphatic carbocycles. The van der Waals surface area contributed by atoms with Crippen LogP contribution in [0.5, 0.6) is 0 Å². The number of rotatable bonds is 24. The van der Waals surface area contributed by atoms with Gasteiger partial charge in [-0.1, -0.05) is 20.8 Å². The molecule has 0 unspecified atom stereocenters. The highest BCUT2D eigenvalue weighted by Crippen LogP contribution is 2.16. The molecule has 4 aromatic rings. The van der Waals surface area contributed by atoms with Crippen molar-refractivity contribution in [2.45, 2.75) is 60.3 Å². The number of hydrogen-bond acceptors (Lipinski definition) is 13. The number of halogens is 1. The largest absolute Gasteiger partial charge is 0.370 e. The van der Waals surface area contributed by atoms with Crippen molar-refractivity contribution in [2.24, 2.45) is 39.1 Å². The number of imidazole rings is 2. The third kappa shape index (κ3) is 27.3. The number of nitrogens with zero attached hydrogens (tertiary/aromatic N) is 8. The molecule has 0 saturated carbocycles. The standard InChI is InChI=1S/C18H27N7O3.C12H16N4O2.C9H18N2O2.C6H9N3O.C2H5F/c1-5-7-20-17(27)13-9-12(10-24(13)3)21-18(28)16-23-14(11-25(16)4)22-15(26)6-8-19-2;1-13-4-5-15(2)8-12(18)14-10-6-11(9-17)16(3)7-10;1-8(2)3-6-11-9(13)4-5-10-7-12;1-5-8-6(7-4-10)3-9(5)2;1-2-3/h9-11,19H,5-8H2,1-4H3,(H,20,27)(H,21,28)(H,22,26);4-7,9H,1,8H2,2-3H3,(H,14,18);7-8H,3-6H2,1-2H3,(H,10,12)(H,11,13);3-4H,1-2H3,(H,7,10);2H2,1H3/b;5-4-;;;. The molecule has 0 aromatic carbocycles. The van der Waals surface area contributed by atoms with Crippen molar-refractivity contribution in [1.82, 2.24) is 54.4 Å². The molecule has 4 heterocycles. The molecule has 0 aliphatic rings. The Morgan fingerprint density at radius 1 is 0.764 bits per heavy atom. The van der Waals surface area contributed by atoms with E-state index in [0.29, 0.717) is 85.6 Å². The highest BCUT2D eigenvalue weighted by Gasteiger charge is 2.18. The maximum absolute atomic E-state index is 12.5. The van der Waals surface area contributed by atoms with Gasteiger partial charge >= 0.3 is 0 Å². The third-order valence-electron chi connectivity index (χ3n) is 9.19. The topological polar surface area (TPSA) is 294 Å². The second kappa shape index (κ2) is 36.9. The second-order valence-electron chi connectivity index (χ2n) is 15.9. The van der Waals surface area contributed by atoms with Gasteiger partial charge in [0.25, 0.3) is 11.8 Å². The molecule has 7 amide bonds. The molecule has 8 N–H and O–H groups in total. The number of alkyl halides is 1. The van der Waals surface area contributed by atoms with Gasteiger partial charge in [0.2, 0.25) is 36.4 Å². The maximum Gasteiger partial charge on any atom is 0.291 e. The SMILES string of the molecule is C=N/C=C\N(C)CC(=O)Nc1cc(C=O)n(C)c1.CC(C)CCNC(=O)CCNC=O.CCCNC(=O)c1cc(NC(=O)c2nc(NC(=O)CCNC)cn2C)cn1C.CCF.Cc1nc(NC=O)cn1C. The van der Waals surface area contributed by atoms with Crippen molar-refractivity contribution in [3.8, 4) is 0 Å². The van der Waals surface area contributed by atoms with Gasteiger partial charge in [-0.3, -0.25) is 47.7 Å². The number of anilines is 4. The molecule has 4 aromatic heterocycles. The Balaban J connectivity index is 0.000000984. The lowest BCUT2D eigenvalue weighted by atomic mass is 10.1. The van der Waals surface area contributed by atoms with Crippen LogP contribution in [0.25, 0.3) is 0 Å². The fourth-order valence-electron chi connectivity index (χ4n) is 5.49. The Labute approximate surface area is 421 Å². The van der Waals surface area contributed by atoms with Crippen molar-refractivity contribution < 1.29 is 42.7 Å². The molecule has 0 spiro atoms. The molecule has 398 valence electrons. The highest BCUT2D eigenvalue weighted by molar-refractivity contribution is 6.03. The van der Waals surface area contributed by atoms with Gasteiger partial charge in [-0.15, -0.1) is 0 Å². The lowest BCUT2D eigenvalue weighted by Gasteiger charge is -2.12. The molecular weight excluding hydrogens is 936 g/mol. The van der Waals surface area contributed by atoms with E-state index in [1.807, 2.05) is 25.5 Å². The molecule has 0 aliphatic heterocycles. The number of likely N-dealkylation sites (N-methyl/N-ethyl adjacent to an activating group) is 1. The van der Waals surface area contributed by atoms with E-state index in [1.54, 1.807) is 92.4 Å². The number of hydrogen-bond donors (Lipinski definition) is 8. The average Bonchev–Trinajstić information content (AvgIpc) is 4.08. The Hall–Kier alpha value is -7.96. The Morgan fingerprint density at radius 2 is 1.40 bits per heavy atom. The Bertz CT molecular complexity index is 2310. The number of aryl methyl sites for hydroxylation is 5. The minimum absolute atomic E-state index is 0.00463. The van der Waals surface area contributed by atoms with Crippen LogP contribution in [0.4, 0.5) is 27.4 Å². The molecule has 0 bridgehead atoms. The predicted octanol–water partition coefficient (Wildman–Crippen LogP) is 3.14. The molecule has 24 nitrogen and oxygen atoms in total. The van der Waals surface area contributed by atoms with Crippen LogP contribution in [-0.2, 0) is 52.2 Å². The van der Waals surface area contributed by atoms with Gasteiger partial charge < -0.3 is 65.7 Å². The Kier molecular flexibility index (Phi) is 32.9. The second-order valence-corrected chi connectivity index (χ2v) is 15.9. The summed E-state index contributed by atoms with van der Waals surface area (Å²) >= 11 is 0. The number of aromatic nitrogens is 6. The van der Waals surface area contributed by atoms with E-state index < -0.39 is 5.91 Å². The molecule has 0 saturated heterocycles. The zero-order valence-electron chi connectivity index (χ0n) is 43.4. The zero-order chi connectivity index (χ0) is 54.6. The molecule has 0 radical (unpaired) electrons. The van der Waals surface area contributed by atoms with Gasteiger partial charge in [-0.2, -0.15) is 0 Å². The average molecular weight is 1010 g/mol. The minimum atomic E-state index is -0.440. The Morgan fingerprint density at radius 3 is 1.96 bits per heavy atom. The monoisotopic (exact) mass is 1010 g/mol. The van der Waals surface area contributed by atoms with Crippen molar-refractivity contribution >= 4 is 78.4 Å². The van der Waals surface area contributed by atoms with Crippen LogP contribution in [0, 0.1) is 12.8 Å². The first kappa shape index (κ1) is 64.0. The summed E-state index contributed by atoms with van der Waals surface area (Å²) in [5.41, 5.74) is 2.04. The van der Waals surface area contributed by atoms with Crippen LogP contribution in [0.1, 0.15) is 90.8 Å². The summed E-state index contributed by atoms with van der Waals surface area (Å²) in [7, 11) is 10.5. The number of nitrogens with one attached hydrogen (secondary N) is 8. The fourth-order valence-corrected chi connectivity index (χ4v) is 5.49. The zero-order valence-corrected chi connectivity index (χ0v) is 43.4. The highest BCUT2D eigenvalue weighted by atomic mass is 19.1. The molecule has 0 atom stereocenters. The van der Waals surface area contributed by atoms with E-state index >= 15 is 0 Å². The maximum atomic E-state index is 12.5. The molecule has 4 rings (SSSR count). The third-order valence-corrected chi connectivity index (χ3v) is 9.19. The van der Waals surface area contributed by atoms with E-state index in [9.17, 15) is 42.7 Å². The van der Waals surface area contributed by atoms with E-state index in [-0.39, 0.29) is 42.7 Å². The van der Waals surface area contributed by atoms with Crippen molar-refractivity contribution in [3.05, 3.63) is 72.4 Å². The van der Waals surface area contributed by atoms with Gasteiger partial charge in [0.1, 0.15) is 11.5 Å². The van der Waals surface area contributed by atoms with Gasteiger partial charge in [-0.25, -0.2) is 9.97 Å². The van der Waals surface area contributed by atoms with Gasteiger partial charge in [0.15, 0.2) is 17.9 Å². The first-order valence-corrected chi connectivity index (χ1v) is 22.9. The minimum Gasteiger partial charge on any atom is -0.370 e. The van der Waals surface area contributed by atoms with E-state index in [2.05, 4.69) is 78.1 Å². The summed E-state index contributed by atoms with van der Waals surface area (Å²) in [6, 6.07) is 3.22. The number of aldehydes is 1. The van der Waals surface area contributed by atoms with E-state index in [0.717, 1.165) is 31.5 Å². The molecule has 72 heavy (non-hydrogen) atoms. The summed E-state index contributed by atoms with van der Waals surface area (Å²) in [5, 5.41) is 21.4. The summed E-state index contributed by atoms with van der Waals surface area (Å²) in [6.45, 7) is 15.0.